The Kier molecular flexibility index (Phi) is 6.68. The molecule has 3 rings (SSSR count). The van der Waals surface area contributed by atoms with Gasteiger partial charge in [-0.3, -0.25) is 4.99 Å². The van der Waals surface area contributed by atoms with Crippen LogP contribution in [0.5, 0.6) is 0 Å². The van der Waals surface area contributed by atoms with Crippen LogP contribution in [0, 0.1) is 12.8 Å². The van der Waals surface area contributed by atoms with E-state index in [0.717, 1.165) is 49.3 Å². The van der Waals surface area contributed by atoms with E-state index >= 15 is 0 Å². The minimum atomic E-state index is 0. The van der Waals surface area contributed by atoms with Gasteiger partial charge >= 0.3 is 0 Å². The standard InChI is InChI=1S/C17H25N5.HI/c1-13-21-15-6-3-4-7-16(15)22(13)11-5-10-19-17(18-2)20-12-14-8-9-14;/h3-4,6-7,14H,5,8-12H2,1-2H3,(H2,18,19,20);1H. The summed E-state index contributed by atoms with van der Waals surface area (Å²) in [5, 5.41) is 6.77. The maximum Gasteiger partial charge on any atom is 0.190 e. The Morgan fingerprint density at radius 3 is 2.83 bits per heavy atom. The van der Waals surface area contributed by atoms with E-state index in [2.05, 4.69) is 50.3 Å². The fourth-order valence-electron chi connectivity index (χ4n) is 2.71. The second-order valence-corrected chi connectivity index (χ2v) is 5.98. The van der Waals surface area contributed by atoms with Gasteiger partial charge in [-0.2, -0.15) is 0 Å². The Morgan fingerprint density at radius 2 is 2.09 bits per heavy atom. The molecule has 0 spiro atoms. The van der Waals surface area contributed by atoms with Crippen molar-refractivity contribution in [3.63, 3.8) is 0 Å². The molecule has 0 atom stereocenters. The highest BCUT2D eigenvalue weighted by molar-refractivity contribution is 14.0. The van der Waals surface area contributed by atoms with Gasteiger partial charge in [-0.05, 0) is 44.2 Å². The van der Waals surface area contributed by atoms with Gasteiger partial charge in [0.05, 0.1) is 11.0 Å². The van der Waals surface area contributed by atoms with Crippen molar-refractivity contribution in [1.29, 1.82) is 0 Å². The van der Waals surface area contributed by atoms with Crippen molar-refractivity contribution in [3.05, 3.63) is 30.1 Å². The topological polar surface area (TPSA) is 54.2 Å². The van der Waals surface area contributed by atoms with Crippen LogP contribution in [0.15, 0.2) is 29.3 Å². The summed E-state index contributed by atoms with van der Waals surface area (Å²) in [4.78, 5) is 8.87. The van der Waals surface area contributed by atoms with Gasteiger partial charge in [0.2, 0.25) is 0 Å². The molecule has 2 aromatic rings. The molecule has 0 amide bonds. The Morgan fingerprint density at radius 1 is 1.30 bits per heavy atom. The Hall–Kier alpha value is -1.31. The highest BCUT2D eigenvalue weighted by Gasteiger charge is 2.20. The summed E-state index contributed by atoms with van der Waals surface area (Å²) in [6, 6.07) is 8.32. The summed E-state index contributed by atoms with van der Waals surface area (Å²) in [6.45, 7) is 5.00. The molecule has 1 aliphatic carbocycles. The molecule has 126 valence electrons. The van der Waals surface area contributed by atoms with Crippen LogP contribution in [-0.4, -0.2) is 35.6 Å². The predicted molar refractivity (Wildman–Crippen MR) is 107 cm³/mol. The largest absolute Gasteiger partial charge is 0.356 e. The van der Waals surface area contributed by atoms with E-state index in [0.29, 0.717) is 0 Å². The first-order valence-electron chi connectivity index (χ1n) is 8.14. The van der Waals surface area contributed by atoms with Crippen LogP contribution < -0.4 is 10.6 Å². The molecule has 6 heteroatoms. The van der Waals surface area contributed by atoms with Crippen LogP contribution in [-0.2, 0) is 6.54 Å². The lowest BCUT2D eigenvalue weighted by molar-refractivity contribution is 0.622. The third-order valence-corrected chi connectivity index (χ3v) is 4.18. The number of nitrogens with zero attached hydrogens (tertiary/aromatic N) is 3. The normalized spacial score (nSPS) is 14.6. The molecule has 1 fully saturated rings. The minimum Gasteiger partial charge on any atom is -0.356 e. The molecular formula is C17H26IN5. The zero-order valence-corrected chi connectivity index (χ0v) is 16.2. The number of hydrogen-bond acceptors (Lipinski definition) is 2. The van der Waals surface area contributed by atoms with Crippen LogP contribution in [0.1, 0.15) is 25.1 Å². The quantitative estimate of drug-likeness (QED) is 0.323. The van der Waals surface area contributed by atoms with Crippen LogP contribution in [0.2, 0.25) is 0 Å². The fourth-order valence-corrected chi connectivity index (χ4v) is 2.71. The van der Waals surface area contributed by atoms with Crippen LogP contribution >= 0.6 is 24.0 Å². The van der Waals surface area contributed by atoms with Gasteiger partial charge in [0.1, 0.15) is 5.82 Å². The first-order chi connectivity index (χ1) is 10.8. The number of benzene rings is 1. The number of aryl methyl sites for hydroxylation is 2. The van der Waals surface area contributed by atoms with Gasteiger partial charge in [0, 0.05) is 26.7 Å². The number of aromatic nitrogens is 2. The van der Waals surface area contributed by atoms with E-state index in [4.69, 9.17) is 0 Å². The minimum absolute atomic E-state index is 0. The number of hydrogen-bond donors (Lipinski definition) is 2. The highest BCUT2D eigenvalue weighted by atomic mass is 127. The summed E-state index contributed by atoms with van der Waals surface area (Å²) in [6.07, 6.45) is 3.76. The number of aliphatic imine (C=N–C) groups is 1. The average Bonchev–Trinajstić information content (AvgIpc) is 3.30. The van der Waals surface area contributed by atoms with Crippen molar-refractivity contribution in [2.24, 2.45) is 10.9 Å². The van der Waals surface area contributed by atoms with Crippen LogP contribution in [0.25, 0.3) is 11.0 Å². The smallest absolute Gasteiger partial charge is 0.190 e. The Balaban J connectivity index is 0.00000192. The van der Waals surface area contributed by atoms with E-state index in [-0.39, 0.29) is 24.0 Å². The SMILES string of the molecule is CN=C(NCCCn1c(C)nc2ccccc21)NCC1CC1.I. The third kappa shape index (κ3) is 4.83. The molecule has 1 saturated carbocycles. The number of halogens is 1. The molecule has 23 heavy (non-hydrogen) atoms. The van der Waals surface area contributed by atoms with Crippen molar-refractivity contribution in [2.45, 2.75) is 32.7 Å². The molecular weight excluding hydrogens is 401 g/mol. The molecule has 2 N–H and O–H groups in total. The fraction of sp³-hybridized carbons (Fsp3) is 0.529. The molecule has 0 unspecified atom stereocenters. The molecule has 0 saturated heterocycles. The van der Waals surface area contributed by atoms with Crippen LogP contribution in [0.4, 0.5) is 0 Å². The molecule has 0 aliphatic heterocycles. The first kappa shape index (κ1) is 18.0. The van der Waals surface area contributed by atoms with Gasteiger partial charge in [-0.15, -0.1) is 24.0 Å². The van der Waals surface area contributed by atoms with E-state index in [1.165, 1.54) is 18.4 Å². The Bertz CT molecular complexity index is 660. The highest BCUT2D eigenvalue weighted by Crippen LogP contribution is 2.27. The predicted octanol–water partition coefficient (Wildman–Crippen LogP) is 2.93. The van der Waals surface area contributed by atoms with E-state index in [1.807, 2.05) is 13.1 Å². The second kappa shape index (κ2) is 8.52. The van der Waals surface area contributed by atoms with Crippen molar-refractivity contribution in [1.82, 2.24) is 20.2 Å². The molecule has 0 bridgehead atoms. The number of imidazole rings is 1. The number of guanidine groups is 1. The summed E-state index contributed by atoms with van der Waals surface area (Å²) in [5.41, 5.74) is 2.30. The lowest BCUT2D eigenvalue weighted by Gasteiger charge is -2.12. The number of nitrogens with one attached hydrogen (secondary N) is 2. The van der Waals surface area contributed by atoms with Gasteiger partial charge < -0.3 is 15.2 Å². The van der Waals surface area contributed by atoms with Gasteiger partial charge in [0.15, 0.2) is 5.96 Å². The van der Waals surface area contributed by atoms with E-state index in [9.17, 15) is 0 Å². The average molecular weight is 427 g/mol. The summed E-state index contributed by atoms with van der Waals surface area (Å²) in [5.74, 6) is 2.86. The molecule has 1 aromatic heterocycles. The van der Waals surface area contributed by atoms with Gasteiger partial charge in [-0.1, -0.05) is 12.1 Å². The maximum atomic E-state index is 4.61. The Labute approximate surface area is 155 Å². The van der Waals surface area contributed by atoms with Gasteiger partial charge in [-0.25, -0.2) is 4.98 Å². The zero-order valence-electron chi connectivity index (χ0n) is 13.9. The summed E-state index contributed by atoms with van der Waals surface area (Å²) >= 11 is 0. The number of rotatable bonds is 6. The van der Waals surface area contributed by atoms with E-state index < -0.39 is 0 Å². The van der Waals surface area contributed by atoms with Crippen LogP contribution in [0.3, 0.4) is 0 Å². The summed E-state index contributed by atoms with van der Waals surface area (Å²) < 4.78 is 2.29. The number of fused-ring (bicyclic) bond motifs is 1. The molecule has 1 heterocycles. The van der Waals surface area contributed by atoms with Crippen molar-refractivity contribution < 1.29 is 0 Å². The van der Waals surface area contributed by atoms with Crippen molar-refractivity contribution in [2.75, 3.05) is 20.1 Å². The lowest BCUT2D eigenvalue weighted by Crippen LogP contribution is -2.39. The summed E-state index contributed by atoms with van der Waals surface area (Å²) in [7, 11) is 1.83. The number of para-hydroxylation sites is 2. The third-order valence-electron chi connectivity index (χ3n) is 4.18. The lowest BCUT2D eigenvalue weighted by atomic mass is 10.3. The van der Waals surface area contributed by atoms with Crippen molar-refractivity contribution in [3.8, 4) is 0 Å². The maximum absolute atomic E-state index is 4.61. The molecule has 5 nitrogen and oxygen atoms in total. The molecule has 0 radical (unpaired) electrons. The van der Waals surface area contributed by atoms with E-state index in [1.54, 1.807) is 0 Å². The second-order valence-electron chi connectivity index (χ2n) is 5.98. The molecule has 1 aliphatic rings. The monoisotopic (exact) mass is 427 g/mol. The van der Waals surface area contributed by atoms with Crippen molar-refractivity contribution >= 4 is 41.0 Å². The zero-order chi connectivity index (χ0) is 15.4. The molecule has 1 aromatic carbocycles. The first-order valence-corrected chi connectivity index (χ1v) is 8.14. The van der Waals surface area contributed by atoms with Gasteiger partial charge in [0.25, 0.3) is 0 Å².